The third-order valence-corrected chi connectivity index (χ3v) is 3.65. The van der Waals surface area contributed by atoms with Crippen molar-refractivity contribution < 1.29 is 10.2 Å². The molecule has 0 spiro atoms. The highest BCUT2D eigenvalue weighted by Gasteiger charge is 2.30. The number of nitrogens with zero attached hydrogens (tertiary/aromatic N) is 1. The van der Waals surface area contributed by atoms with E-state index in [2.05, 4.69) is 4.90 Å². The molecule has 1 rings (SSSR count). The highest BCUT2D eigenvalue weighted by molar-refractivity contribution is 4.83. The lowest BCUT2D eigenvalue weighted by molar-refractivity contribution is -0.0305. The van der Waals surface area contributed by atoms with Gasteiger partial charge in [-0.3, -0.25) is 0 Å². The van der Waals surface area contributed by atoms with E-state index in [1.54, 1.807) is 0 Å². The fraction of sp³-hybridized carbons (Fsp3) is 1.00. The molecule has 0 bridgehead atoms. The van der Waals surface area contributed by atoms with Gasteiger partial charge < -0.3 is 15.1 Å². The first-order valence-corrected chi connectivity index (χ1v) is 6.01. The second kappa shape index (κ2) is 5.28. The van der Waals surface area contributed by atoms with Crippen LogP contribution in [-0.4, -0.2) is 47.0 Å². The smallest absolute Gasteiger partial charge is 0.0768 e. The molecule has 0 radical (unpaired) electrons. The maximum Gasteiger partial charge on any atom is 0.0768 e. The highest BCUT2D eigenvalue weighted by atomic mass is 16.3. The first kappa shape index (κ1) is 12.9. The maximum atomic E-state index is 10.2. The fourth-order valence-electron chi connectivity index (χ4n) is 2.08. The molecule has 3 nitrogen and oxygen atoms in total. The van der Waals surface area contributed by atoms with Crippen molar-refractivity contribution in [1.82, 2.24) is 4.90 Å². The Kier molecular flexibility index (Phi) is 4.56. The van der Waals surface area contributed by atoms with Gasteiger partial charge in [-0.1, -0.05) is 13.8 Å². The molecule has 2 atom stereocenters. The van der Waals surface area contributed by atoms with Crippen LogP contribution in [0.5, 0.6) is 0 Å². The summed E-state index contributed by atoms with van der Waals surface area (Å²) in [5.41, 5.74) is -0.614. The zero-order valence-corrected chi connectivity index (χ0v) is 10.2. The fourth-order valence-corrected chi connectivity index (χ4v) is 2.08. The molecular weight excluding hydrogens is 190 g/mol. The Hall–Kier alpha value is -0.120. The van der Waals surface area contributed by atoms with E-state index >= 15 is 0 Å². The van der Waals surface area contributed by atoms with Crippen molar-refractivity contribution in [1.29, 1.82) is 0 Å². The number of aliphatic hydroxyl groups is 2. The van der Waals surface area contributed by atoms with Crippen molar-refractivity contribution >= 4 is 0 Å². The lowest BCUT2D eigenvalue weighted by Crippen LogP contribution is -2.48. The average Bonchev–Trinajstić information content (AvgIpc) is 2.17. The molecule has 15 heavy (non-hydrogen) atoms. The van der Waals surface area contributed by atoms with Crippen LogP contribution in [0.1, 0.15) is 33.6 Å². The summed E-state index contributed by atoms with van der Waals surface area (Å²) in [5.74, 6) is 0.675. The second-order valence-corrected chi connectivity index (χ2v) is 5.44. The van der Waals surface area contributed by atoms with Gasteiger partial charge in [0.2, 0.25) is 0 Å². The van der Waals surface area contributed by atoms with Gasteiger partial charge in [0.05, 0.1) is 5.60 Å². The first-order chi connectivity index (χ1) is 6.95. The van der Waals surface area contributed by atoms with E-state index in [0.29, 0.717) is 5.92 Å². The molecule has 0 amide bonds. The third-order valence-electron chi connectivity index (χ3n) is 3.65. The van der Waals surface area contributed by atoms with Crippen LogP contribution in [0.15, 0.2) is 0 Å². The van der Waals surface area contributed by atoms with Crippen LogP contribution in [0.3, 0.4) is 0 Å². The molecule has 1 aliphatic rings. The molecule has 0 aromatic carbocycles. The highest BCUT2D eigenvalue weighted by Crippen LogP contribution is 2.22. The van der Waals surface area contributed by atoms with E-state index in [1.165, 1.54) is 0 Å². The summed E-state index contributed by atoms with van der Waals surface area (Å²) in [6, 6.07) is 0. The Bertz CT molecular complexity index is 192. The van der Waals surface area contributed by atoms with Crippen molar-refractivity contribution in [2.45, 2.75) is 39.2 Å². The summed E-state index contributed by atoms with van der Waals surface area (Å²) in [6.45, 7) is 8.99. The van der Waals surface area contributed by atoms with Crippen LogP contribution in [0.2, 0.25) is 0 Å². The van der Waals surface area contributed by atoms with E-state index in [0.717, 1.165) is 32.5 Å². The van der Waals surface area contributed by atoms with Gasteiger partial charge in [-0.2, -0.15) is 0 Å². The predicted octanol–water partition coefficient (Wildman–Crippen LogP) is 1.10. The van der Waals surface area contributed by atoms with Crippen molar-refractivity contribution in [3.8, 4) is 0 Å². The van der Waals surface area contributed by atoms with Gasteiger partial charge in [0.1, 0.15) is 0 Å². The van der Waals surface area contributed by atoms with Crippen LogP contribution in [0.4, 0.5) is 0 Å². The monoisotopic (exact) mass is 215 g/mol. The minimum absolute atomic E-state index is 0.270. The molecule has 1 saturated heterocycles. The van der Waals surface area contributed by atoms with Gasteiger partial charge in [-0.25, -0.2) is 0 Å². The molecule has 1 fully saturated rings. The number of likely N-dealkylation sites (tertiary alicyclic amines) is 1. The lowest BCUT2D eigenvalue weighted by atomic mass is 9.90. The maximum absolute atomic E-state index is 10.2. The Balaban J connectivity index is 2.44. The Morgan fingerprint density at radius 2 is 2.13 bits per heavy atom. The lowest BCUT2D eigenvalue weighted by Gasteiger charge is -2.38. The molecule has 1 aliphatic heterocycles. The normalized spacial score (nSPS) is 28.0. The Morgan fingerprint density at radius 1 is 1.47 bits per heavy atom. The standard InChI is InChI=1S/C12H25NO2/c1-10(2)12(3,15)9-13-6-4-5-11(7-13)8-14/h10-11,14-15H,4-9H2,1-3H3. The summed E-state index contributed by atoms with van der Waals surface area (Å²) < 4.78 is 0. The topological polar surface area (TPSA) is 43.7 Å². The number of rotatable bonds is 4. The van der Waals surface area contributed by atoms with E-state index in [9.17, 15) is 5.11 Å². The summed E-state index contributed by atoms with van der Waals surface area (Å²) in [6.07, 6.45) is 2.26. The average molecular weight is 215 g/mol. The van der Waals surface area contributed by atoms with Crippen molar-refractivity contribution in [3.63, 3.8) is 0 Å². The Morgan fingerprint density at radius 3 is 2.67 bits per heavy atom. The van der Waals surface area contributed by atoms with Gasteiger partial charge in [0.15, 0.2) is 0 Å². The van der Waals surface area contributed by atoms with E-state index in [1.807, 2.05) is 20.8 Å². The molecule has 2 unspecified atom stereocenters. The Labute approximate surface area is 93.1 Å². The second-order valence-electron chi connectivity index (χ2n) is 5.44. The number of β-amino-alcohol motifs (C(OH)–C–C–N with tert-alkyl or cyclic N) is 1. The van der Waals surface area contributed by atoms with Crippen LogP contribution >= 0.6 is 0 Å². The van der Waals surface area contributed by atoms with E-state index < -0.39 is 5.60 Å². The minimum Gasteiger partial charge on any atom is -0.396 e. The van der Waals surface area contributed by atoms with Gasteiger partial charge in [-0.05, 0) is 38.1 Å². The predicted molar refractivity (Wildman–Crippen MR) is 61.7 cm³/mol. The first-order valence-electron chi connectivity index (χ1n) is 6.01. The molecule has 3 heteroatoms. The van der Waals surface area contributed by atoms with Crippen LogP contribution < -0.4 is 0 Å². The molecule has 2 N–H and O–H groups in total. The quantitative estimate of drug-likeness (QED) is 0.738. The third kappa shape index (κ3) is 3.74. The van der Waals surface area contributed by atoms with Gasteiger partial charge >= 0.3 is 0 Å². The summed E-state index contributed by atoms with van der Waals surface area (Å²) in [5, 5.41) is 19.3. The molecule has 0 saturated carbocycles. The number of hydrogen-bond acceptors (Lipinski definition) is 3. The zero-order chi connectivity index (χ0) is 11.5. The summed E-state index contributed by atoms with van der Waals surface area (Å²) in [4.78, 5) is 2.28. The number of hydrogen-bond donors (Lipinski definition) is 2. The molecule has 1 heterocycles. The van der Waals surface area contributed by atoms with Gasteiger partial charge in [0.25, 0.3) is 0 Å². The van der Waals surface area contributed by atoms with Crippen LogP contribution in [0.25, 0.3) is 0 Å². The van der Waals surface area contributed by atoms with E-state index in [4.69, 9.17) is 5.11 Å². The van der Waals surface area contributed by atoms with E-state index in [-0.39, 0.29) is 12.5 Å². The van der Waals surface area contributed by atoms with Gasteiger partial charge in [-0.15, -0.1) is 0 Å². The number of aliphatic hydroxyl groups excluding tert-OH is 1. The largest absolute Gasteiger partial charge is 0.396 e. The molecular formula is C12H25NO2. The van der Waals surface area contributed by atoms with Gasteiger partial charge in [0, 0.05) is 19.7 Å². The van der Waals surface area contributed by atoms with Crippen molar-refractivity contribution in [2.75, 3.05) is 26.2 Å². The van der Waals surface area contributed by atoms with Crippen LogP contribution in [-0.2, 0) is 0 Å². The number of piperidine rings is 1. The molecule has 90 valence electrons. The summed E-state index contributed by atoms with van der Waals surface area (Å²) in [7, 11) is 0. The minimum atomic E-state index is -0.614. The molecule has 0 aliphatic carbocycles. The SMILES string of the molecule is CC(C)C(C)(O)CN1CCCC(CO)C1. The van der Waals surface area contributed by atoms with Crippen molar-refractivity contribution in [2.24, 2.45) is 11.8 Å². The van der Waals surface area contributed by atoms with Crippen molar-refractivity contribution in [3.05, 3.63) is 0 Å². The molecule has 0 aromatic rings. The summed E-state index contributed by atoms with van der Waals surface area (Å²) >= 11 is 0. The van der Waals surface area contributed by atoms with Crippen LogP contribution in [0, 0.1) is 11.8 Å². The molecule has 0 aromatic heterocycles. The zero-order valence-electron chi connectivity index (χ0n) is 10.2.